The molecule has 1 amide bonds. The molecule has 2 heterocycles. The van der Waals surface area contributed by atoms with Crippen molar-refractivity contribution in [2.45, 2.75) is 6.92 Å². The van der Waals surface area contributed by atoms with Crippen molar-refractivity contribution >= 4 is 28.3 Å². The lowest BCUT2D eigenvalue weighted by Gasteiger charge is -2.32. The van der Waals surface area contributed by atoms with Crippen molar-refractivity contribution in [3.05, 3.63) is 60.2 Å². The molecule has 2 aromatic carbocycles. The molecule has 0 saturated carbocycles. The number of rotatable bonds is 5. The summed E-state index contributed by atoms with van der Waals surface area (Å²) in [5.41, 5.74) is 2.39. The number of carbonyl (C=O) groups excluding carboxylic acids is 1. The van der Waals surface area contributed by atoms with Crippen LogP contribution in [0.25, 0.3) is 10.9 Å². The standard InChI is InChI=1S/C23H26N4O2/c1-3-29-18-10-8-17(9-11-18)24-22-16-20(19-6-4-5-7-21(19)25-22)23(28)27-14-12-26(2)13-15-27/h4-11,16H,3,12-15H2,1-2H3,(H,24,25). The van der Waals surface area contributed by atoms with Crippen molar-refractivity contribution in [3.8, 4) is 5.75 Å². The normalized spacial score (nSPS) is 14.8. The van der Waals surface area contributed by atoms with Gasteiger partial charge >= 0.3 is 0 Å². The maximum absolute atomic E-state index is 13.3. The lowest BCUT2D eigenvalue weighted by atomic mass is 10.1. The quantitative estimate of drug-likeness (QED) is 0.719. The molecule has 6 nitrogen and oxygen atoms in total. The highest BCUT2D eigenvalue weighted by molar-refractivity contribution is 6.07. The number of anilines is 2. The van der Waals surface area contributed by atoms with E-state index < -0.39 is 0 Å². The van der Waals surface area contributed by atoms with Gasteiger partial charge in [-0.2, -0.15) is 0 Å². The molecule has 1 saturated heterocycles. The maximum Gasteiger partial charge on any atom is 0.254 e. The second-order valence-electron chi connectivity index (χ2n) is 7.25. The third-order valence-corrected chi connectivity index (χ3v) is 5.17. The smallest absolute Gasteiger partial charge is 0.254 e. The maximum atomic E-state index is 13.3. The molecule has 4 rings (SSSR count). The third kappa shape index (κ3) is 4.32. The van der Waals surface area contributed by atoms with Gasteiger partial charge in [0.1, 0.15) is 11.6 Å². The summed E-state index contributed by atoms with van der Waals surface area (Å²) in [5.74, 6) is 1.55. The second kappa shape index (κ2) is 8.49. The Kier molecular flexibility index (Phi) is 5.62. The number of para-hydroxylation sites is 1. The van der Waals surface area contributed by atoms with Crippen LogP contribution in [0.1, 0.15) is 17.3 Å². The molecule has 1 aliphatic heterocycles. The Balaban J connectivity index is 1.64. The SMILES string of the molecule is CCOc1ccc(Nc2cc(C(=O)N3CCN(C)CC3)c3ccccc3n2)cc1. The minimum absolute atomic E-state index is 0.0615. The van der Waals surface area contributed by atoms with E-state index in [2.05, 4.69) is 17.3 Å². The molecule has 150 valence electrons. The number of nitrogens with zero attached hydrogens (tertiary/aromatic N) is 3. The topological polar surface area (TPSA) is 57.7 Å². The van der Waals surface area contributed by atoms with Gasteiger partial charge in [-0.15, -0.1) is 0 Å². The van der Waals surface area contributed by atoms with E-state index in [1.165, 1.54) is 0 Å². The van der Waals surface area contributed by atoms with Crippen LogP contribution in [0.15, 0.2) is 54.6 Å². The van der Waals surface area contributed by atoms with Crippen molar-refractivity contribution in [1.82, 2.24) is 14.8 Å². The molecule has 0 bridgehead atoms. The van der Waals surface area contributed by atoms with Crippen LogP contribution < -0.4 is 10.1 Å². The van der Waals surface area contributed by atoms with E-state index in [0.717, 1.165) is 48.5 Å². The minimum Gasteiger partial charge on any atom is -0.494 e. The molecule has 1 aromatic heterocycles. The zero-order valence-corrected chi connectivity index (χ0v) is 16.9. The van der Waals surface area contributed by atoms with Crippen LogP contribution in [0.3, 0.4) is 0 Å². The molecule has 1 aliphatic rings. The van der Waals surface area contributed by atoms with Gasteiger partial charge in [0.2, 0.25) is 0 Å². The lowest BCUT2D eigenvalue weighted by molar-refractivity contribution is 0.0666. The lowest BCUT2D eigenvalue weighted by Crippen LogP contribution is -2.47. The van der Waals surface area contributed by atoms with Crippen molar-refractivity contribution in [2.24, 2.45) is 0 Å². The van der Waals surface area contributed by atoms with E-state index in [1.807, 2.05) is 66.4 Å². The number of aromatic nitrogens is 1. The highest BCUT2D eigenvalue weighted by atomic mass is 16.5. The number of ether oxygens (including phenoxy) is 1. The molecule has 1 fully saturated rings. The van der Waals surface area contributed by atoms with Crippen molar-refractivity contribution in [1.29, 1.82) is 0 Å². The first-order valence-corrected chi connectivity index (χ1v) is 10.0. The molecule has 0 spiro atoms. The minimum atomic E-state index is 0.0615. The Labute approximate surface area is 171 Å². The van der Waals surface area contributed by atoms with Gasteiger partial charge in [0.05, 0.1) is 17.7 Å². The van der Waals surface area contributed by atoms with E-state index >= 15 is 0 Å². The fraction of sp³-hybridized carbons (Fsp3) is 0.304. The van der Waals surface area contributed by atoms with Gasteiger partial charge in [0.15, 0.2) is 0 Å². The number of amides is 1. The molecular formula is C23H26N4O2. The summed E-state index contributed by atoms with van der Waals surface area (Å²) in [6.45, 7) is 5.88. The van der Waals surface area contributed by atoms with Crippen LogP contribution in [0.4, 0.5) is 11.5 Å². The number of nitrogens with one attached hydrogen (secondary N) is 1. The Morgan fingerprint density at radius 3 is 2.52 bits per heavy atom. The van der Waals surface area contributed by atoms with Crippen LogP contribution in [0.2, 0.25) is 0 Å². The molecule has 0 radical (unpaired) electrons. The van der Waals surface area contributed by atoms with E-state index in [0.29, 0.717) is 18.0 Å². The summed E-state index contributed by atoms with van der Waals surface area (Å²) in [6.07, 6.45) is 0. The number of pyridine rings is 1. The molecule has 29 heavy (non-hydrogen) atoms. The zero-order chi connectivity index (χ0) is 20.2. The number of piperazine rings is 1. The van der Waals surface area contributed by atoms with Gasteiger partial charge < -0.3 is 19.9 Å². The molecule has 6 heteroatoms. The number of fused-ring (bicyclic) bond motifs is 1. The summed E-state index contributed by atoms with van der Waals surface area (Å²) in [4.78, 5) is 22.2. The van der Waals surface area contributed by atoms with E-state index in [1.54, 1.807) is 0 Å². The van der Waals surface area contributed by atoms with Crippen LogP contribution in [0.5, 0.6) is 5.75 Å². The molecule has 3 aromatic rings. The summed E-state index contributed by atoms with van der Waals surface area (Å²) < 4.78 is 5.50. The van der Waals surface area contributed by atoms with Crippen LogP contribution >= 0.6 is 0 Å². The molecule has 0 unspecified atom stereocenters. The highest BCUT2D eigenvalue weighted by Gasteiger charge is 2.22. The number of benzene rings is 2. The van der Waals surface area contributed by atoms with E-state index in [-0.39, 0.29) is 5.91 Å². The fourth-order valence-corrected chi connectivity index (χ4v) is 3.55. The summed E-state index contributed by atoms with van der Waals surface area (Å²) in [6, 6.07) is 17.4. The van der Waals surface area contributed by atoms with Gasteiger partial charge in [-0.05, 0) is 50.4 Å². The first-order chi connectivity index (χ1) is 14.1. The van der Waals surface area contributed by atoms with Gasteiger partial charge in [0, 0.05) is 37.3 Å². The first-order valence-electron chi connectivity index (χ1n) is 10.0. The van der Waals surface area contributed by atoms with E-state index in [4.69, 9.17) is 9.72 Å². The van der Waals surface area contributed by atoms with Crippen LogP contribution in [-0.2, 0) is 0 Å². The predicted molar refractivity (Wildman–Crippen MR) is 116 cm³/mol. The molecule has 0 atom stereocenters. The second-order valence-corrected chi connectivity index (χ2v) is 7.25. The fourth-order valence-electron chi connectivity index (χ4n) is 3.55. The summed E-state index contributed by atoms with van der Waals surface area (Å²) >= 11 is 0. The highest BCUT2D eigenvalue weighted by Crippen LogP contribution is 2.25. The van der Waals surface area contributed by atoms with Gasteiger partial charge in [-0.3, -0.25) is 4.79 Å². The van der Waals surface area contributed by atoms with E-state index in [9.17, 15) is 4.79 Å². The molecule has 1 N–H and O–H groups in total. The number of hydrogen-bond donors (Lipinski definition) is 1. The Morgan fingerprint density at radius 2 is 1.79 bits per heavy atom. The Bertz CT molecular complexity index is 995. The predicted octanol–water partition coefficient (Wildman–Crippen LogP) is 3.76. The Morgan fingerprint density at radius 1 is 1.07 bits per heavy atom. The van der Waals surface area contributed by atoms with Gasteiger partial charge in [0.25, 0.3) is 5.91 Å². The monoisotopic (exact) mass is 390 g/mol. The number of hydrogen-bond acceptors (Lipinski definition) is 5. The number of likely N-dealkylation sites (N-methyl/N-ethyl adjacent to an activating group) is 1. The summed E-state index contributed by atoms with van der Waals surface area (Å²) in [7, 11) is 2.09. The van der Waals surface area contributed by atoms with Crippen molar-refractivity contribution in [3.63, 3.8) is 0 Å². The van der Waals surface area contributed by atoms with Crippen LogP contribution in [-0.4, -0.2) is 60.5 Å². The first kappa shape index (κ1) is 19.2. The Hall–Kier alpha value is -3.12. The largest absolute Gasteiger partial charge is 0.494 e. The van der Waals surface area contributed by atoms with Gasteiger partial charge in [-0.1, -0.05) is 18.2 Å². The van der Waals surface area contributed by atoms with Gasteiger partial charge in [-0.25, -0.2) is 4.98 Å². The van der Waals surface area contributed by atoms with Crippen LogP contribution in [0, 0.1) is 0 Å². The summed E-state index contributed by atoms with van der Waals surface area (Å²) in [5, 5.41) is 4.21. The average Bonchev–Trinajstić information content (AvgIpc) is 2.75. The molecule has 0 aliphatic carbocycles. The number of carbonyl (C=O) groups is 1. The zero-order valence-electron chi connectivity index (χ0n) is 16.9. The van der Waals surface area contributed by atoms with Crippen molar-refractivity contribution < 1.29 is 9.53 Å². The third-order valence-electron chi connectivity index (χ3n) is 5.17. The average molecular weight is 390 g/mol. The van der Waals surface area contributed by atoms with Crippen molar-refractivity contribution in [2.75, 3.05) is 45.2 Å². The molecular weight excluding hydrogens is 364 g/mol.